The minimum atomic E-state index is -0.306. The van der Waals surface area contributed by atoms with Gasteiger partial charge in [0, 0.05) is 30.0 Å². The van der Waals surface area contributed by atoms with Gasteiger partial charge in [0.15, 0.2) is 5.78 Å². The molecule has 0 aromatic heterocycles. The summed E-state index contributed by atoms with van der Waals surface area (Å²) in [5.74, 6) is 0.625. The third-order valence-corrected chi connectivity index (χ3v) is 6.12. The first-order valence-corrected chi connectivity index (χ1v) is 10.7. The molecule has 1 aliphatic heterocycles. The molecule has 1 amide bonds. The molecule has 1 N–H and O–H groups in total. The molecule has 0 bridgehead atoms. The van der Waals surface area contributed by atoms with Crippen LogP contribution in [-0.4, -0.2) is 11.7 Å². The monoisotopic (exact) mass is 427 g/mol. The molecule has 160 valence electrons. The maximum Gasteiger partial charge on any atom is 0.225 e. The third-order valence-electron chi connectivity index (χ3n) is 6.12. The number of amides is 1. The van der Waals surface area contributed by atoms with Gasteiger partial charge in [-0.15, -0.1) is 0 Å². The fourth-order valence-electron chi connectivity index (χ4n) is 4.63. The van der Waals surface area contributed by atoms with Crippen LogP contribution in [0.25, 0.3) is 0 Å². The number of hydrogen-bond acceptors (Lipinski definition) is 3. The number of carbonyl (C=O) groups excluding carboxylic acids is 2. The lowest BCUT2D eigenvalue weighted by atomic mass is 9.73. The summed E-state index contributed by atoms with van der Waals surface area (Å²) in [7, 11) is 0. The molecule has 0 fully saturated rings. The summed E-state index contributed by atoms with van der Waals surface area (Å²) in [6.07, 6.45) is 1.12. The third kappa shape index (κ3) is 4.06. The van der Waals surface area contributed by atoms with Crippen LogP contribution in [0.5, 0.6) is 11.5 Å². The predicted molar refractivity (Wildman–Crippen MR) is 119 cm³/mol. The van der Waals surface area contributed by atoms with Gasteiger partial charge in [-0.2, -0.15) is 0 Å². The van der Waals surface area contributed by atoms with E-state index in [9.17, 15) is 14.0 Å². The number of allylic oxidation sites excluding steroid dienone is 2. The molecule has 5 rings (SSSR count). The molecule has 32 heavy (non-hydrogen) atoms. The van der Waals surface area contributed by atoms with Crippen LogP contribution < -0.4 is 10.1 Å². The molecule has 3 aromatic rings. The fraction of sp³-hybridized carbons (Fsp3) is 0.185. The maximum atomic E-state index is 13.3. The number of rotatable bonds is 4. The zero-order valence-corrected chi connectivity index (χ0v) is 17.4. The molecule has 1 aliphatic carbocycles. The van der Waals surface area contributed by atoms with Gasteiger partial charge in [-0.05, 0) is 59.9 Å². The molecule has 0 saturated heterocycles. The quantitative estimate of drug-likeness (QED) is 0.588. The Hall–Kier alpha value is -3.73. The normalized spacial score (nSPS) is 20.5. The van der Waals surface area contributed by atoms with E-state index in [-0.39, 0.29) is 35.8 Å². The molecule has 0 unspecified atom stereocenters. The molecule has 0 spiro atoms. The number of Topliss-reactive ketones (excluding diaryl/α,β-unsaturated/α-hetero) is 1. The van der Waals surface area contributed by atoms with Crippen molar-refractivity contribution < 1.29 is 18.7 Å². The number of hydrogen-bond donors (Lipinski definition) is 1. The first-order chi connectivity index (χ1) is 15.6. The van der Waals surface area contributed by atoms with Gasteiger partial charge in [0.1, 0.15) is 17.3 Å². The summed E-state index contributed by atoms with van der Waals surface area (Å²) in [6.45, 7) is 0. The van der Waals surface area contributed by atoms with E-state index < -0.39 is 0 Å². The van der Waals surface area contributed by atoms with Gasteiger partial charge < -0.3 is 10.1 Å². The second-order valence-corrected chi connectivity index (χ2v) is 8.26. The number of ether oxygens (including phenoxy) is 1. The van der Waals surface area contributed by atoms with Crippen LogP contribution in [0.1, 0.15) is 42.2 Å². The van der Waals surface area contributed by atoms with Gasteiger partial charge in [-0.25, -0.2) is 4.39 Å². The predicted octanol–water partition coefficient (Wildman–Crippen LogP) is 5.62. The zero-order valence-electron chi connectivity index (χ0n) is 17.4. The van der Waals surface area contributed by atoms with Crippen LogP contribution in [0.2, 0.25) is 0 Å². The van der Waals surface area contributed by atoms with E-state index in [2.05, 4.69) is 5.32 Å². The van der Waals surface area contributed by atoms with Crippen molar-refractivity contribution in [2.24, 2.45) is 0 Å². The summed E-state index contributed by atoms with van der Waals surface area (Å²) < 4.78 is 19.3. The van der Waals surface area contributed by atoms with Crippen LogP contribution in [0.4, 0.5) is 4.39 Å². The molecule has 0 saturated carbocycles. The second-order valence-electron chi connectivity index (χ2n) is 8.26. The van der Waals surface area contributed by atoms with Crippen molar-refractivity contribution >= 4 is 11.7 Å². The Morgan fingerprint density at radius 1 is 0.781 bits per heavy atom. The van der Waals surface area contributed by atoms with Crippen molar-refractivity contribution in [1.29, 1.82) is 0 Å². The van der Waals surface area contributed by atoms with Gasteiger partial charge >= 0.3 is 0 Å². The van der Waals surface area contributed by atoms with E-state index >= 15 is 0 Å². The van der Waals surface area contributed by atoms with Gasteiger partial charge in [0.2, 0.25) is 5.91 Å². The highest BCUT2D eigenvalue weighted by molar-refractivity contribution is 6.02. The van der Waals surface area contributed by atoms with Crippen LogP contribution >= 0.6 is 0 Å². The number of benzene rings is 3. The minimum Gasteiger partial charge on any atom is -0.457 e. The van der Waals surface area contributed by atoms with Crippen LogP contribution in [0.3, 0.4) is 0 Å². The topological polar surface area (TPSA) is 55.4 Å². The van der Waals surface area contributed by atoms with Gasteiger partial charge in [-0.1, -0.05) is 42.5 Å². The molecule has 0 radical (unpaired) electrons. The molecule has 2 aliphatic rings. The second kappa shape index (κ2) is 8.42. The van der Waals surface area contributed by atoms with E-state index in [1.165, 1.54) is 12.1 Å². The lowest BCUT2D eigenvalue weighted by Crippen LogP contribution is -2.38. The molecular formula is C27H22FNO3. The number of nitrogens with one attached hydrogen (secondary N) is 1. The Kier molecular flexibility index (Phi) is 5.31. The summed E-state index contributed by atoms with van der Waals surface area (Å²) >= 11 is 0. The lowest BCUT2D eigenvalue weighted by Gasteiger charge is -2.34. The van der Waals surface area contributed by atoms with E-state index in [0.717, 1.165) is 16.9 Å². The minimum absolute atomic E-state index is 0.0277. The first-order valence-electron chi connectivity index (χ1n) is 10.7. The Morgan fingerprint density at radius 3 is 2.31 bits per heavy atom. The Morgan fingerprint density at radius 2 is 1.53 bits per heavy atom. The van der Waals surface area contributed by atoms with E-state index in [4.69, 9.17) is 4.74 Å². The van der Waals surface area contributed by atoms with E-state index in [1.54, 1.807) is 12.1 Å². The molecule has 4 nitrogen and oxygen atoms in total. The lowest BCUT2D eigenvalue weighted by molar-refractivity contribution is -0.122. The van der Waals surface area contributed by atoms with E-state index in [1.807, 2.05) is 54.6 Å². The highest BCUT2D eigenvalue weighted by Gasteiger charge is 2.38. The molecule has 5 heteroatoms. The number of carbonyl (C=O) groups is 2. The fourth-order valence-corrected chi connectivity index (χ4v) is 4.63. The summed E-state index contributed by atoms with van der Waals surface area (Å²) in [4.78, 5) is 25.8. The van der Waals surface area contributed by atoms with Crippen molar-refractivity contribution in [2.45, 2.75) is 31.1 Å². The van der Waals surface area contributed by atoms with Crippen molar-refractivity contribution in [1.82, 2.24) is 5.32 Å². The highest BCUT2D eigenvalue weighted by atomic mass is 19.1. The highest BCUT2D eigenvalue weighted by Crippen LogP contribution is 2.43. The summed E-state index contributed by atoms with van der Waals surface area (Å²) in [5, 5.41) is 2.93. The van der Waals surface area contributed by atoms with Crippen molar-refractivity contribution in [3.05, 3.63) is 107 Å². The molecule has 2 atom stereocenters. The van der Waals surface area contributed by atoms with Crippen molar-refractivity contribution in [2.75, 3.05) is 0 Å². The Labute approximate surface area is 185 Å². The van der Waals surface area contributed by atoms with Gasteiger partial charge in [0.25, 0.3) is 0 Å². The van der Waals surface area contributed by atoms with E-state index in [0.29, 0.717) is 29.9 Å². The summed E-state index contributed by atoms with van der Waals surface area (Å²) in [5.41, 5.74) is 3.15. The maximum absolute atomic E-state index is 13.3. The zero-order chi connectivity index (χ0) is 22.1. The average Bonchev–Trinajstić information content (AvgIpc) is 2.79. The van der Waals surface area contributed by atoms with Gasteiger partial charge in [0.05, 0.1) is 0 Å². The van der Waals surface area contributed by atoms with Gasteiger partial charge in [-0.3, -0.25) is 9.59 Å². The van der Waals surface area contributed by atoms with Crippen molar-refractivity contribution in [3.8, 4) is 11.5 Å². The molecule has 3 aromatic carbocycles. The number of halogens is 1. The Bertz CT molecular complexity index is 1200. The summed E-state index contributed by atoms with van der Waals surface area (Å²) in [6, 6.07) is 23.3. The van der Waals surface area contributed by atoms with Crippen LogP contribution in [-0.2, 0) is 9.59 Å². The average molecular weight is 427 g/mol. The number of para-hydroxylation sites is 1. The largest absolute Gasteiger partial charge is 0.457 e. The SMILES string of the molecule is O=C1C[C@H](c2cccc(Oc3ccccc3)c2)C2=C(C[C@@H](c3ccc(F)cc3)CC2=O)N1. The Balaban J connectivity index is 1.45. The standard InChI is InChI=1S/C27H22FNO3/c28-20-11-9-17(10-12-20)19-14-24-27(25(30)15-19)23(16-26(31)29-24)18-5-4-8-22(13-18)32-21-6-2-1-3-7-21/h1-13,19,23H,14-16H2,(H,29,31)/t19-,23-/m1/s1. The van der Waals surface area contributed by atoms with Crippen LogP contribution in [0, 0.1) is 5.82 Å². The van der Waals surface area contributed by atoms with Crippen LogP contribution in [0.15, 0.2) is 90.1 Å². The number of ketones is 1. The smallest absolute Gasteiger partial charge is 0.225 e. The first kappa shape index (κ1) is 20.2. The van der Waals surface area contributed by atoms with Crippen molar-refractivity contribution in [3.63, 3.8) is 0 Å². The molecular weight excluding hydrogens is 405 g/mol. The molecule has 1 heterocycles.